The molecule has 0 radical (unpaired) electrons. The van der Waals surface area contributed by atoms with Crippen LogP contribution in [0.2, 0.25) is 0 Å². The Kier molecular flexibility index (Phi) is 2.99. The molecular weight excluding hydrogens is 337 g/mol. The lowest BCUT2D eigenvalue weighted by atomic mass is 10.0. The number of benzene rings is 1. The van der Waals surface area contributed by atoms with Gasteiger partial charge in [0.25, 0.3) is 0 Å². The number of nitrogens with one attached hydrogen (secondary N) is 2. The number of aromatic amines is 1. The van der Waals surface area contributed by atoms with Crippen LogP contribution in [-0.2, 0) is 4.79 Å². The molecule has 1 aliphatic carbocycles. The summed E-state index contributed by atoms with van der Waals surface area (Å²) >= 11 is 0. The van der Waals surface area contributed by atoms with Gasteiger partial charge in [0.2, 0.25) is 5.91 Å². The highest BCUT2D eigenvalue weighted by Gasteiger charge is 2.30. The molecule has 1 aromatic carbocycles. The zero-order chi connectivity index (χ0) is 17.8. The maximum absolute atomic E-state index is 14.1. The Morgan fingerprint density at radius 1 is 1.38 bits per heavy atom. The maximum atomic E-state index is 14.1. The lowest BCUT2D eigenvalue weighted by molar-refractivity contribution is -0.117. The minimum Gasteiger partial charge on any atom is -0.396 e. The van der Waals surface area contributed by atoms with Crippen molar-refractivity contribution >= 4 is 34.0 Å². The maximum Gasteiger partial charge on any atom is 0.228 e. The third-order valence-corrected chi connectivity index (χ3v) is 4.51. The van der Waals surface area contributed by atoms with Crippen molar-refractivity contribution in [2.24, 2.45) is 5.92 Å². The van der Waals surface area contributed by atoms with E-state index in [1.54, 1.807) is 24.5 Å². The van der Waals surface area contributed by atoms with Gasteiger partial charge in [-0.25, -0.2) is 13.9 Å². The first-order valence-corrected chi connectivity index (χ1v) is 8.19. The van der Waals surface area contributed by atoms with Crippen molar-refractivity contribution in [1.29, 1.82) is 0 Å². The van der Waals surface area contributed by atoms with Crippen molar-refractivity contribution in [3.8, 4) is 11.3 Å². The van der Waals surface area contributed by atoms with Gasteiger partial charge in [-0.15, -0.1) is 0 Å². The molecule has 0 aliphatic heterocycles. The fourth-order valence-electron chi connectivity index (χ4n) is 3.00. The number of anilines is 2. The summed E-state index contributed by atoms with van der Waals surface area (Å²) in [5.74, 6) is -0.0400. The molecule has 0 bridgehead atoms. The van der Waals surface area contributed by atoms with E-state index in [-0.39, 0.29) is 17.5 Å². The van der Waals surface area contributed by atoms with Crippen LogP contribution in [0.25, 0.3) is 27.8 Å². The van der Waals surface area contributed by atoms with Crippen LogP contribution in [0.1, 0.15) is 12.8 Å². The summed E-state index contributed by atoms with van der Waals surface area (Å²) in [5, 5.41) is 14.6. The SMILES string of the molecule is Nc1c(F)cc2[nH]ncc2c1-c1ccc2nc(NC(=O)C3CC3)cn2n1. The Hall–Kier alpha value is -3.49. The van der Waals surface area contributed by atoms with Gasteiger partial charge in [0.05, 0.1) is 29.3 Å². The summed E-state index contributed by atoms with van der Waals surface area (Å²) in [6.45, 7) is 0. The van der Waals surface area contributed by atoms with Gasteiger partial charge < -0.3 is 11.1 Å². The molecule has 0 saturated heterocycles. The molecule has 130 valence electrons. The quantitative estimate of drug-likeness (QED) is 0.490. The number of amides is 1. The number of nitrogens with zero attached hydrogens (tertiary/aromatic N) is 4. The zero-order valence-electron chi connectivity index (χ0n) is 13.5. The third-order valence-electron chi connectivity index (χ3n) is 4.51. The summed E-state index contributed by atoms with van der Waals surface area (Å²) in [5.41, 5.74) is 8.02. The van der Waals surface area contributed by atoms with Gasteiger partial charge in [0, 0.05) is 22.9 Å². The second-order valence-electron chi connectivity index (χ2n) is 6.39. The lowest BCUT2D eigenvalue weighted by Crippen LogP contribution is -2.13. The number of nitrogens with two attached hydrogens (primary N) is 1. The van der Waals surface area contributed by atoms with Crippen LogP contribution in [0, 0.1) is 11.7 Å². The predicted octanol–water partition coefficient (Wildman–Crippen LogP) is 2.34. The summed E-state index contributed by atoms with van der Waals surface area (Å²) in [6.07, 6.45) is 5.05. The Balaban J connectivity index is 1.60. The predicted molar refractivity (Wildman–Crippen MR) is 93.8 cm³/mol. The fraction of sp³-hybridized carbons (Fsp3) is 0.176. The molecule has 5 rings (SSSR count). The number of imidazole rings is 1. The van der Waals surface area contributed by atoms with E-state index in [0.717, 1.165) is 12.8 Å². The normalized spacial score (nSPS) is 14.2. The van der Waals surface area contributed by atoms with Crippen molar-refractivity contribution in [2.75, 3.05) is 11.1 Å². The molecule has 0 atom stereocenters. The number of carbonyl (C=O) groups excluding carboxylic acids is 1. The molecular formula is C17H14FN7O. The molecule has 1 saturated carbocycles. The van der Waals surface area contributed by atoms with Crippen LogP contribution in [-0.4, -0.2) is 30.7 Å². The smallest absolute Gasteiger partial charge is 0.228 e. The van der Waals surface area contributed by atoms with E-state index < -0.39 is 5.82 Å². The van der Waals surface area contributed by atoms with Gasteiger partial charge >= 0.3 is 0 Å². The molecule has 4 aromatic rings. The van der Waals surface area contributed by atoms with Gasteiger partial charge in [-0.1, -0.05) is 0 Å². The molecule has 4 N–H and O–H groups in total. The largest absolute Gasteiger partial charge is 0.396 e. The van der Waals surface area contributed by atoms with Crippen molar-refractivity contribution in [3.05, 3.63) is 36.4 Å². The molecule has 1 fully saturated rings. The van der Waals surface area contributed by atoms with E-state index in [0.29, 0.717) is 33.6 Å². The first-order chi connectivity index (χ1) is 12.6. The van der Waals surface area contributed by atoms with Crippen molar-refractivity contribution in [2.45, 2.75) is 12.8 Å². The summed E-state index contributed by atoms with van der Waals surface area (Å²) in [7, 11) is 0. The van der Waals surface area contributed by atoms with Crippen LogP contribution in [0.4, 0.5) is 15.9 Å². The average Bonchev–Trinajstić information content (AvgIpc) is 3.25. The minimum absolute atomic E-state index is 0.00752. The molecule has 1 aliphatic rings. The van der Waals surface area contributed by atoms with Gasteiger partial charge in [-0.3, -0.25) is 9.89 Å². The van der Waals surface area contributed by atoms with E-state index in [4.69, 9.17) is 5.73 Å². The highest BCUT2D eigenvalue weighted by molar-refractivity contribution is 5.99. The molecule has 26 heavy (non-hydrogen) atoms. The molecule has 9 heteroatoms. The molecule has 0 unspecified atom stereocenters. The van der Waals surface area contributed by atoms with Gasteiger partial charge in [-0.2, -0.15) is 10.2 Å². The number of hydrogen-bond acceptors (Lipinski definition) is 5. The number of carbonyl (C=O) groups is 1. The van der Waals surface area contributed by atoms with Crippen LogP contribution < -0.4 is 11.1 Å². The van der Waals surface area contributed by atoms with Crippen LogP contribution >= 0.6 is 0 Å². The van der Waals surface area contributed by atoms with Crippen LogP contribution in [0.3, 0.4) is 0 Å². The highest BCUT2D eigenvalue weighted by atomic mass is 19.1. The van der Waals surface area contributed by atoms with E-state index >= 15 is 0 Å². The van der Waals surface area contributed by atoms with E-state index in [1.807, 2.05) is 0 Å². The Labute approximate surface area is 146 Å². The summed E-state index contributed by atoms with van der Waals surface area (Å²) in [6, 6.07) is 4.76. The first kappa shape index (κ1) is 14.8. The van der Waals surface area contributed by atoms with E-state index in [9.17, 15) is 9.18 Å². The van der Waals surface area contributed by atoms with Crippen LogP contribution in [0.5, 0.6) is 0 Å². The summed E-state index contributed by atoms with van der Waals surface area (Å²) < 4.78 is 15.7. The molecule has 1 amide bonds. The monoisotopic (exact) mass is 351 g/mol. The number of fused-ring (bicyclic) bond motifs is 2. The van der Waals surface area contributed by atoms with Crippen molar-refractivity contribution in [1.82, 2.24) is 24.8 Å². The molecule has 3 aromatic heterocycles. The Morgan fingerprint density at radius 3 is 3.04 bits per heavy atom. The van der Waals surface area contributed by atoms with Gasteiger partial charge in [0.1, 0.15) is 5.82 Å². The highest BCUT2D eigenvalue weighted by Crippen LogP contribution is 2.34. The number of nitrogen functional groups attached to an aromatic ring is 1. The fourth-order valence-corrected chi connectivity index (χ4v) is 3.00. The molecule has 3 heterocycles. The van der Waals surface area contributed by atoms with E-state index in [1.165, 1.54) is 10.6 Å². The number of halogens is 1. The minimum atomic E-state index is -0.540. The second kappa shape index (κ2) is 5.25. The number of rotatable bonds is 3. The van der Waals surface area contributed by atoms with E-state index in [2.05, 4.69) is 25.6 Å². The Bertz CT molecular complexity index is 1170. The third kappa shape index (κ3) is 2.28. The lowest BCUT2D eigenvalue weighted by Gasteiger charge is -2.08. The average molecular weight is 351 g/mol. The second-order valence-corrected chi connectivity index (χ2v) is 6.39. The topological polar surface area (TPSA) is 114 Å². The number of H-pyrrole nitrogens is 1. The molecule has 8 nitrogen and oxygen atoms in total. The van der Waals surface area contributed by atoms with Crippen molar-refractivity contribution < 1.29 is 9.18 Å². The first-order valence-electron chi connectivity index (χ1n) is 8.19. The Morgan fingerprint density at radius 2 is 2.23 bits per heavy atom. The zero-order valence-corrected chi connectivity index (χ0v) is 13.5. The van der Waals surface area contributed by atoms with Gasteiger partial charge in [0.15, 0.2) is 11.5 Å². The number of hydrogen-bond donors (Lipinski definition) is 3. The number of aromatic nitrogens is 5. The standard InChI is InChI=1S/C17H14FN7O/c18-10-5-12-9(6-20-23-12)15(16(10)19)11-3-4-14-21-13(7-25(14)24-11)22-17(26)8-1-2-8/h3-8H,1-2,19H2,(H,20,23)(H,22,26). The molecule has 0 spiro atoms. The summed E-state index contributed by atoms with van der Waals surface area (Å²) in [4.78, 5) is 16.2. The van der Waals surface area contributed by atoms with Crippen LogP contribution in [0.15, 0.2) is 30.6 Å². The van der Waals surface area contributed by atoms with Crippen molar-refractivity contribution in [3.63, 3.8) is 0 Å². The van der Waals surface area contributed by atoms with Gasteiger partial charge in [-0.05, 0) is 25.0 Å².